The maximum absolute atomic E-state index is 10.1. The number of carboxylic acid groups (broad SMARTS) is 1. The molecule has 0 radical (unpaired) electrons. The van der Waals surface area contributed by atoms with Crippen LogP contribution in [-0.4, -0.2) is 23.0 Å². The molecule has 60 valence electrons. The summed E-state index contributed by atoms with van der Waals surface area (Å²) in [5, 5.41) is 8.20. The van der Waals surface area contributed by atoms with Crippen LogP contribution in [-0.2, 0) is 9.59 Å². The predicted molar refractivity (Wildman–Crippen MR) is 37.2 cm³/mol. The van der Waals surface area contributed by atoms with E-state index in [2.05, 4.69) is 11.8 Å². The number of amides is 1. The number of hydrogen-bond donors (Lipinski definition) is 3. The standard InChI is InChI=1S/C6H8N2O3/c7-4(6(10)11)2-1-3-5(8)9/h4H,3,7H2,(H2,8,9)(H,10,11). The third-order valence-electron chi connectivity index (χ3n) is 0.786. The van der Waals surface area contributed by atoms with E-state index < -0.39 is 17.9 Å². The average Bonchev–Trinajstić information content (AvgIpc) is 1.86. The first-order valence-electron chi connectivity index (χ1n) is 2.79. The van der Waals surface area contributed by atoms with Crippen LogP contribution in [0.2, 0.25) is 0 Å². The van der Waals surface area contributed by atoms with Crippen LogP contribution >= 0.6 is 0 Å². The van der Waals surface area contributed by atoms with Crippen LogP contribution in [0.1, 0.15) is 6.42 Å². The van der Waals surface area contributed by atoms with E-state index in [1.807, 2.05) is 0 Å². The molecule has 1 unspecified atom stereocenters. The highest BCUT2D eigenvalue weighted by Gasteiger charge is 2.05. The molecule has 0 aliphatic heterocycles. The summed E-state index contributed by atoms with van der Waals surface area (Å²) < 4.78 is 0. The lowest BCUT2D eigenvalue weighted by atomic mass is 10.3. The van der Waals surface area contributed by atoms with E-state index >= 15 is 0 Å². The fraction of sp³-hybridized carbons (Fsp3) is 0.333. The van der Waals surface area contributed by atoms with Gasteiger partial charge in [-0.15, -0.1) is 0 Å². The zero-order chi connectivity index (χ0) is 8.85. The zero-order valence-electron chi connectivity index (χ0n) is 5.70. The van der Waals surface area contributed by atoms with Gasteiger partial charge in [0.1, 0.15) is 0 Å². The molecular formula is C6H8N2O3. The molecule has 5 nitrogen and oxygen atoms in total. The lowest BCUT2D eigenvalue weighted by Gasteiger charge is -1.92. The molecule has 1 atom stereocenters. The van der Waals surface area contributed by atoms with Crippen LogP contribution in [0.3, 0.4) is 0 Å². The molecule has 0 aromatic heterocycles. The van der Waals surface area contributed by atoms with Crippen molar-refractivity contribution >= 4 is 11.9 Å². The van der Waals surface area contributed by atoms with Gasteiger partial charge in [-0.05, 0) is 0 Å². The molecular weight excluding hydrogens is 148 g/mol. The summed E-state index contributed by atoms with van der Waals surface area (Å²) in [6.45, 7) is 0. The van der Waals surface area contributed by atoms with Crippen LogP contribution in [0.15, 0.2) is 0 Å². The number of primary amides is 1. The van der Waals surface area contributed by atoms with Gasteiger partial charge in [0, 0.05) is 0 Å². The van der Waals surface area contributed by atoms with Gasteiger partial charge in [-0.25, -0.2) is 4.79 Å². The quantitative estimate of drug-likeness (QED) is 0.413. The van der Waals surface area contributed by atoms with Crippen molar-refractivity contribution in [1.29, 1.82) is 0 Å². The van der Waals surface area contributed by atoms with Gasteiger partial charge in [0.15, 0.2) is 6.04 Å². The highest BCUT2D eigenvalue weighted by Crippen LogP contribution is 1.76. The zero-order valence-corrected chi connectivity index (χ0v) is 5.70. The molecule has 5 heteroatoms. The van der Waals surface area contributed by atoms with Crippen LogP contribution < -0.4 is 11.5 Å². The van der Waals surface area contributed by atoms with Crippen molar-refractivity contribution in [3.8, 4) is 11.8 Å². The fourth-order valence-electron chi connectivity index (χ4n) is 0.310. The minimum absolute atomic E-state index is 0.166. The minimum atomic E-state index is -1.24. The summed E-state index contributed by atoms with van der Waals surface area (Å²) in [7, 11) is 0. The van der Waals surface area contributed by atoms with Gasteiger partial charge in [-0.1, -0.05) is 11.8 Å². The Kier molecular flexibility index (Phi) is 3.70. The molecule has 0 rings (SSSR count). The normalized spacial score (nSPS) is 11.0. The van der Waals surface area contributed by atoms with Gasteiger partial charge in [-0.2, -0.15) is 0 Å². The SMILES string of the molecule is NC(=O)CC#CC(N)C(=O)O. The molecule has 0 saturated carbocycles. The molecule has 0 heterocycles. The van der Waals surface area contributed by atoms with Crippen molar-refractivity contribution in [3.05, 3.63) is 0 Å². The van der Waals surface area contributed by atoms with E-state index in [0.29, 0.717) is 0 Å². The summed E-state index contributed by atoms with van der Waals surface area (Å²) in [5.41, 5.74) is 9.70. The highest BCUT2D eigenvalue weighted by atomic mass is 16.4. The first-order chi connectivity index (χ1) is 5.04. The third kappa shape index (κ3) is 4.93. The second kappa shape index (κ2) is 4.30. The topological polar surface area (TPSA) is 106 Å². The van der Waals surface area contributed by atoms with Crippen LogP contribution in [0, 0.1) is 11.8 Å². The van der Waals surface area contributed by atoms with E-state index in [1.165, 1.54) is 0 Å². The van der Waals surface area contributed by atoms with Crippen molar-refractivity contribution in [3.63, 3.8) is 0 Å². The summed E-state index contributed by atoms with van der Waals surface area (Å²) >= 11 is 0. The van der Waals surface area contributed by atoms with Gasteiger partial charge in [0.25, 0.3) is 0 Å². The third-order valence-corrected chi connectivity index (χ3v) is 0.786. The highest BCUT2D eigenvalue weighted by molar-refractivity contribution is 5.79. The Morgan fingerprint density at radius 1 is 1.55 bits per heavy atom. The molecule has 0 spiro atoms. The number of carboxylic acids is 1. The summed E-state index contributed by atoms with van der Waals surface area (Å²) in [6.07, 6.45) is -0.166. The van der Waals surface area contributed by atoms with Crippen molar-refractivity contribution in [2.24, 2.45) is 11.5 Å². The smallest absolute Gasteiger partial charge is 0.333 e. The number of carbonyl (C=O) groups is 2. The molecule has 0 bridgehead atoms. The van der Waals surface area contributed by atoms with Crippen molar-refractivity contribution in [2.75, 3.05) is 0 Å². The molecule has 0 aliphatic rings. The number of hydrogen-bond acceptors (Lipinski definition) is 3. The van der Waals surface area contributed by atoms with Crippen molar-refractivity contribution < 1.29 is 14.7 Å². The molecule has 0 aromatic carbocycles. The Hall–Kier alpha value is -1.54. The number of carbonyl (C=O) groups excluding carboxylic acids is 1. The van der Waals surface area contributed by atoms with Gasteiger partial charge in [0.2, 0.25) is 5.91 Å². The molecule has 0 aromatic rings. The Bertz CT molecular complexity index is 226. The summed E-state index contributed by atoms with van der Waals surface area (Å²) in [4.78, 5) is 20.1. The summed E-state index contributed by atoms with van der Waals surface area (Å²) in [6, 6.07) is -1.24. The van der Waals surface area contributed by atoms with Gasteiger partial charge >= 0.3 is 5.97 Å². The molecule has 11 heavy (non-hydrogen) atoms. The number of aliphatic carboxylic acids is 1. The van der Waals surface area contributed by atoms with E-state index in [-0.39, 0.29) is 6.42 Å². The average molecular weight is 156 g/mol. The fourth-order valence-corrected chi connectivity index (χ4v) is 0.310. The maximum atomic E-state index is 10.1. The van der Waals surface area contributed by atoms with Crippen LogP contribution in [0.4, 0.5) is 0 Å². The monoisotopic (exact) mass is 156 g/mol. The van der Waals surface area contributed by atoms with Gasteiger partial charge in [-0.3, -0.25) is 4.79 Å². The van der Waals surface area contributed by atoms with Gasteiger partial charge in [0.05, 0.1) is 6.42 Å². The second-order valence-corrected chi connectivity index (χ2v) is 1.78. The first kappa shape index (κ1) is 9.46. The molecule has 1 amide bonds. The van der Waals surface area contributed by atoms with Crippen molar-refractivity contribution in [1.82, 2.24) is 0 Å². The predicted octanol–water partition coefficient (Wildman–Crippen LogP) is -1.72. The number of rotatable bonds is 2. The van der Waals surface area contributed by atoms with E-state index in [0.717, 1.165) is 0 Å². The van der Waals surface area contributed by atoms with E-state index in [4.69, 9.17) is 16.6 Å². The first-order valence-corrected chi connectivity index (χ1v) is 2.79. The largest absolute Gasteiger partial charge is 0.479 e. The molecule has 0 saturated heterocycles. The number of nitrogens with two attached hydrogens (primary N) is 2. The molecule has 0 aliphatic carbocycles. The summed E-state index contributed by atoms with van der Waals surface area (Å²) in [5.74, 6) is 2.55. The van der Waals surface area contributed by atoms with Crippen LogP contribution in [0.25, 0.3) is 0 Å². The molecule has 5 N–H and O–H groups in total. The van der Waals surface area contributed by atoms with Gasteiger partial charge < -0.3 is 16.6 Å². The lowest BCUT2D eigenvalue weighted by molar-refractivity contribution is -0.137. The Morgan fingerprint density at radius 3 is 2.45 bits per heavy atom. The molecule has 0 fully saturated rings. The Balaban J connectivity index is 3.87. The maximum Gasteiger partial charge on any atom is 0.333 e. The Morgan fingerprint density at radius 2 is 2.09 bits per heavy atom. The van der Waals surface area contributed by atoms with E-state index in [9.17, 15) is 9.59 Å². The Labute approximate surface area is 63.4 Å². The van der Waals surface area contributed by atoms with Crippen LogP contribution in [0.5, 0.6) is 0 Å². The minimum Gasteiger partial charge on any atom is -0.479 e. The van der Waals surface area contributed by atoms with E-state index in [1.54, 1.807) is 0 Å². The second-order valence-electron chi connectivity index (χ2n) is 1.78. The van der Waals surface area contributed by atoms with Crippen molar-refractivity contribution in [2.45, 2.75) is 12.5 Å². The lowest BCUT2D eigenvalue weighted by Crippen LogP contribution is -2.28.